The van der Waals surface area contributed by atoms with Gasteiger partial charge in [0.2, 0.25) is 5.95 Å². The molecule has 2 heterocycles. The molecule has 0 fully saturated rings. The van der Waals surface area contributed by atoms with Crippen LogP contribution in [-0.4, -0.2) is 43.7 Å². The standard InChI is InChI=1S/C24H16N8O7S/c33-23(30-14-27-18-4-1-2-5-19(18)30)15-12-20(31(34)35)22(21(13-15)32(36)37)28-16-6-8-17(9-7-16)40(38,39)29-24-25-10-3-11-26-24/h1-14,28H,(H,25,26,29). The van der Waals surface area contributed by atoms with Crippen LogP contribution in [0.25, 0.3) is 11.0 Å². The maximum Gasteiger partial charge on any atom is 0.300 e. The zero-order chi connectivity index (χ0) is 28.4. The summed E-state index contributed by atoms with van der Waals surface area (Å²) < 4.78 is 28.6. The number of aromatic nitrogens is 4. The smallest absolute Gasteiger partial charge is 0.300 e. The first-order valence-electron chi connectivity index (χ1n) is 11.2. The van der Waals surface area contributed by atoms with Gasteiger partial charge in [-0.1, -0.05) is 12.1 Å². The molecule has 0 unspecified atom stereocenters. The third kappa shape index (κ3) is 5.01. The molecule has 0 aliphatic heterocycles. The minimum atomic E-state index is -4.06. The predicted octanol–water partition coefficient (Wildman–Crippen LogP) is 3.88. The summed E-state index contributed by atoms with van der Waals surface area (Å²) in [5.74, 6) is -0.898. The lowest BCUT2D eigenvalue weighted by Gasteiger charge is -2.11. The number of hydrogen-bond acceptors (Lipinski definition) is 11. The van der Waals surface area contributed by atoms with Crippen LogP contribution < -0.4 is 10.0 Å². The van der Waals surface area contributed by atoms with Crippen molar-refractivity contribution in [2.75, 3.05) is 10.0 Å². The summed E-state index contributed by atoms with van der Waals surface area (Å²) in [6.45, 7) is 0. The molecule has 15 nitrogen and oxygen atoms in total. The lowest BCUT2D eigenvalue weighted by atomic mass is 10.1. The number of imidazole rings is 1. The number of nitro benzene ring substituents is 2. The van der Waals surface area contributed by atoms with Gasteiger partial charge in [0.05, 0.1) is 31.3 Å². The van der Waals surface area contributed by atoms with Crippen LogP contribution in [0, 0.1) is 20.2 Å². The molecule has 2 N–H and O–H groups in total. The van der Waals surface area contributed by atoms with E-state index in [2.05, 4.69) is 25.0 Å². The first-order chi connectivity index (χ1) is 19.1. The average Bonchev–Trinajstić information content (AvgIpc) is 3.37. The first-order valence-corrected chi connectivity index (χ1v) is 12.7. The van der Waals surface area contributed by atoms with E-state index in [-0.39, 0.29) is 22.1 Å². The van der Waals surface area contributed by atoms with Gasteiger partial charge in [0.15, 0.2) is 5.69 Å². The van der Waals surface area contributed by atoms with Crippen molar-refractivity contribution in [3.8, 4) is 0 Å². The highest BCUT2D eigenvalue weighted by molar-refractivity contribution is 7.92. The van der Waals surface area contributed by atoms with Crippen molar-refractivity contribution in [2.24, 2.45) is 0 Å². The van der Waals surface area contributed by atoms with E-state index in [0.29, 0.717) is 11.0 Å². The summed E-state index contributed by atoms with van der Waals surface area (Å²) >= 11 is 0. The number of para-hydroxylation sites is 2. The molecule has 16 heteroatoms. The molecule has 0 spiro atoms. The molecular formula is C24H16N8O7S. The summed E-state index contributed by atoms with van der Waals surface area (Å²) in [6, 6.07) is 15.0. The Morgan fingerprint density at radius 3 is 2.10 bits per heavy atom. The molecule has 5 aromatic rings. The third-order valence-corrected chi connectivity index (χ3v) is 6.98. The molecule has 0 amide bonds. The highest BCUT2D eigenvalue weighted by atomic mass is 32.2. The van der Waals surface area contributed by atoms with E-state index in [4.69, 9.17) is 0 Å². The Kier molecular flexibility index (Phi) is 6.58. The van der Waals surface area contributed by atoms with E-state index in [0.717, 1.165) is 16.7 Å². The fraction of sp³-hybridized carbons (Fsp3) is 0. The summed E-state index contributed by atoms with van der Waals surface area (Å²) in [5, 5.41) is 26.5. The molecule has 3 aromatic carbocycles. The zero-order valence-electron chi connectivity index (χ0n) is 20.0. The quantitative estimate of drug-likeness (QED) is 0.206. The minimum Gasteiger partial charge on any atom is -0.344 e. The van der Waals surface area contributed by atoms with Crippen molar-refractivity contribution >= 4 is 55.7 Å². The van der Waals surface area contributed by atoms with Gasteiger partial charge in [-0.05, 0) is 42.5 Å². The number of nitrogens with zero attached hydrogens (tertiary/aromatic N) is 6. The van der Waals surface area contributed by atoms with Gasteiger partial charge >= 0.3 is 11.4 Å². The predicted molar refractivity (Wildman–Crippen MR) is 142 cm³/mol. The Labute approximate surface area is 224 Å². The van der Waals surface area contributed by atoms with Crippen LogP contribution in [0.5, 0.6) is 0 Å². The lowest BCUT2D eigenvalue weighted by Crippen LogP contribution is -2.14. The highest BCUT2D eigenvalue weighted by Crippen LogP contribution is 2.38. The molecule has 0 saturated carbocycles. The van der Waals surface area contributed by atoms with Crippen LogP contribution >= 0.6 is 0 Å². The summed E-state index contributed by atoms with van der Waals surface area (Å²) in [7, 11) is -4.06. The molecule has 0 aliphatic rings. The summed E-state index contributed by atoms with van der Waals surface area (Å²) in [4.78, 5) is 46.9. The Bertz CT molecular complexity index is 1860. The van der Waals surface area contributed by atoms with E-state index in [9.17, 15) is 33.4 Å². The van der Waals surface area contributed by atoms with E-state index >= 15 is 0 Å². The van der Waals surface area contributed by atoms with Crippen LogP contribution in [0.3, 0.4) is 0 Å². The maximum atomic E-state index is 13.2. The van der Waals surface area contributed by atoms with Gasteiger partial charge in [-0.15, -0.1) is 0 Å². The Morgan fingerprint density at radius 2 is 1.48 bits per heavy atom. The summed E-state index contributed by atoms with van der Waals surface area (Å²) in [6.07, 6.45) is 3.94. The van der Waals surface area contributed by atoms with Crippen molar-refractivity contribution in [3.63, 3.8) is 0 Å². The number of benzene rings is 3. The molecular weight excluding hydrogens is 544 g/mol. The summed E-state index contributed by atoms with van der Waals surface area (Å²) in [5.41, 5.74) is -1.24. The number of sulfonamides is 1. The number of carbonyl (C=O) groups is 1. The molecule has 0 bridgehead atoms. The fourth-order valence-electron chi connectivity index (χ4n) is 3.80. The van der Waals surface area contributed by atoms with Crippen molar-refractivity contribution in [1.82, 2.24) is 19.5 Å². The maximum absolute atomic E-state index is 13.2. The number of hydrogen-bond donors (Lipinski definition) is 2. The van der Waals surface area contributed by atoms with E-state index in [1.165, 1.54) is 49.1 Å². The van der Waals surface area contributed by atoms with Gasteiger partial charge in [0.1, 0.15) is 6.33 Å². The van der Waals surface area contributed by atoms with Gasteiger partial charge in [-0.25, -0.2) is 28.1 Å². The van der Waals surface area contributed by atoms with Gasteiger partial charge in [0, 0.05) is 30.2 Å². The van der Waals surface area contributed by atoms with Gasteiger partial charge in [-0.3, -0.25) is 29.6 Å². The average molecular weight is 561 g/mol. The molecule has 2 aromatic heterocycles. The van der Waals surface area contributed by atoms with Crippen LogP contribution in [0.15, 0.2) is 90.3 Å². The number of fused-ring (bicyclic) bond motifs is 1. The molecule has 5 rings (SSSR count). The van der Waals surface area contributed by atoms with Crippen LogP contribution in [0.1, 0.15) is 10.4 Å². The zero-order valence-corrected chi connectivity index (χ0v) is 20.8. The molecule has 0 atom stereocenters. The lowest BCUT2D eigenvalue weighted by molar-refractivity contribution is -0.392. The van der Waals surface area contributed by atoms with Gasteiger partial charge < -0.3 is 5.32 Å². The highest BCUT2D eigenvalue weighted by Gasteiger charge is 2.30. The molecule has 0 aliphatic carbocycles. The van der Waals surface area contributed by atoms with Crippen molar-refractivity contribution < 1.29 is 23.1 Å². The minimum absolute atomic E-state index is 0.112. The first kappa shape index (κ1) is 25.9. The number of anilines is 3. The number of nitro groups is 2. The number of nitrogens with one attached hydrogen (secondary N) is 2. The van der Waals surface area contributed by atoms with Gasteiger partial charge in [0.25, 0.3) is 15.9 Å². The Hall–Kier alpha value is -5.77. The van der Waals surface area contributed by atoms with Crippen LogP contribution in [-0.2, 0) is 10.0 Å². The molecule has 40 heavy (non-hydrogen) atoms. The van der Waals surface area contributed by atoms with Crippen LogP contribution in [0.2, 0.25) is 0 Å². The Morgan fingerprint density at radius 1 is 0.850 bits per heavy atom. The molecule has 0 radical (unpaired) electrons. The largest absolute Gasteiger partial charge is 0.344 e. The molecule has 0 saturated heterocycles. The second-order valence-corrected chi connectivity index (χ2v) is 9.82. The third-order valence-electron chi connectivity index (χ3n) is 5.63. The topological polar surface area (TPSA) is 205 Å². The fourth-order valence-corrected chi connectivity index (χ4v) is 4.76. The number of carbonyl (C=O) groups excluding carboxylic acids is 1. The van der Waals surface area contributed by atoms with Crippen LogP contribution in [0.4, 0.5) is 28.7 Å². The Balaban J connectivity index is 1.49. The van der Waals surface area contributed by atoms with Crippen molar-refractivity contribution in [1.29, 1.82) is 0 Å². The second kappa shape index (κ2) is 10.2. The van der Waals surface area contributed by atoms with Crippen molar-refractivity contribution in [3.05, 3.63) is 111 Å². The van der Waals surface area contributed by atoms with E-state index < -0.39 is 42.8 Å². The van der Waals surface area contributed by atoms with E-state index in [1.807, 2.05) is 0 Å². The monoisotopic (exact) mass is 560 g/mol. The molecule has 200 valence electrons. The SMILES string of the molecule is O=C(c1cc([N+](=O)[O-])c(Nc2ccc(S(=O)(=O)Nc3ncccn3)cc2)c([N+](=O)[O-])c1)n1cnc2ccccc21. The van der Waals surface area contributed by atoms with Gasteiger partial charge in [-0.2, -0.15) is 0 Å². The normalized spacial score (nSPS) is 11.2. The number of rotatable bonds is 8. The second-order valence-electron chi connectivity index (χ2n) is 8.14. The van der Waals surface area contributed by atoms with Crippen molar-refractivity contribution in [2.45, 2.75) is 4.90 Å². The van der Waals surface area contributed by atoms with E-state index in [1.54, 1.807) is 24.3 Å².